The van der Waals surface area contributed by atoms with E-state index < -0.39 is 16.9 Å². The minimum atomic E-state index is -0.911. The molecular weight excluding hydrogens is 454 g/mol. The van der Waals surface area contributed by atoms with E-state index in [0.717, 1.165) is 14.2 Å². The van der Waals surface area contributed by atoms with E-state index in [1.807, 2.05) is 6.07 Å². The fraction of sp³-hybridized carbons (Fsp3) is 0.0800. The zero-order valence-corrected chi connectivity index (χ0v) is 18.7. The zero-order valence-electron chi connectivity index (χ0n) is 18.7. The highest BCUT2D eigenvalue weighted by molar-refractivity contribution is 6.07. The lowest BCUT2D eigenvalue weighted by molar-refractivity contribution is -0.384. The van der Waals surface area contributed by atoms with Crippen molar-refractivity contribution >= 4 is 17.6 Å². The summed E-state index contributed by atoms with van der Waals surface area (Å²) < 4.78 is 16.8. The molecule has 0 radical (unpaired) electrons. The van der Waals surface area contributed by atoms with Gasteiger partial charge < -0.3 is 14.2 Å². The first-order valence-corrected chi connectivity index (χ1v) is 10.3. The fourth-order valence-corrected chi connectivity index (χ4v) is 3.50. The van der Waals surface area contributed by atoms with Gasteiger partial charge in [0.15, 0.2) is 5.69 Å². The number of esters is 2. The van der Waals surface area contributed by atoms with Gasteiger partial charge in [0.2, 0.25) is 0 Å². The lowest BCUT2D eigenvalue weighted by atomic mass is 10.0. The molecule has 4 rings (SSSR count). The van der Waals surface area contributed by atoms with E-state index >= 15 is 0 Å². The van der Waals surface area contributed by atoms with Gasteiger partial charge in [0.1, 0.15) is 22.8 Å². The normalized spacial score (nSPS) is 10.5. The van der Waals surface area contributed by atoms with Crippen LogP contribution in [0.15, 0.2) is 78.9 Å². The molecule has 10 nitrogen and oxygen atoms in total. The van der Waals surface area contributed by atoms with Gasteiger partial charge in [0.05, 0.1) is 30.4 Å². The number of nitro benzene ring substituents is 1. The maximum atomic E-state index is 12.9. The molecule has 176 valence electrons. The average Bonchev–Trinajstić information content (AvgIpc) is 3.29. The summed E-state index contributed by atoms with van der Waals surface area (Å²) in [6.07, 6.45) is 0. The summed E-state index contributed by atoms with van der Waals surface area (Å²) in [6.45, 7) is 0. The van der Waals surface area contributed by atoms with Crippen LogP contribution >= 0.6 is 0 Å². The molecule has 0 spiro atoms. The molecule has 0 saturated carbocycles. The number of nitrogens with zero attached hydrogens (tertiary/aromatic N) is 3. The van der Waals surface area contributed by atoms with Gasteiger partial charge in [-0.25, -0.2) is 14.3 Å². The second-order valence-corrected chi connectivity index (χ2v) is 7.15. The van der Waals surface area contributed by atoms with Crippen molar-refractivity contribution < 1.29 is 28.7 Å². The monoisotopic (exact) mass is 473 g/mol. The van der Waals surface area contributed by atoms with Gasteiger partial charge in [-0.3, -0.25) is 10.1 Å². The third-order valence-corrected chi connectivity index (χ3v) is 5.05. The molecule has 0 amide bonds. The van der Waals surface area contributed by atoms with Crippen molar-refractivity contribution in [1.82, 2.24) is 9.78 Å². The second-order valence-electron chi connectivity index (χ2n) is 7.15. The van der Waals surface area contributed by atoms with Crippen LogP contribution in [0.25, 0.3) is 16.9 Å². The summed E-state index contributed by atoms with van der Waals surface area (Å²) >= 11 is 0. The number of hydrogen-bond acceptors (Lipinski definition) is 8. The molecule has 0 fully saturated rings. The highest BCUT2D eigenvalue weighted by atomic mass is 16.6. The Kier molecular flexibility index (Phi) is 6.54. The predicted octanol–water partition coefficient (Wildman–Crippen LogP) is 4.81. The Morgan fingerprint density at radius 2 is 1.49 bits per heavy atom. The van der Waals surface area contributed by atoms with Gasteiger partial charge in [-0.05, 0) is 36.4 Å². The van der Waals surface area contributed by atoms with Crippen LogP contribution in [0, 0.1) is 10.1 Å². The van der Waals surface area contributed by atoms with Crippen molar-refractivity contribution in [2.75, 3.05) is 14.2 Å². The van der Waals surface area contributed by atoms with Crippen molar-refractivity contribution in [3.05, 3.63) is 100 Å². The van der Waals surface area contributed by atoms with E-state index in [1.54, 1.807) is 54.6 Å². The minimum Gasteiger partial charge on any atom is -0.465 e. The summed E-state index contributed by atoms with van der Waals surface area (Å²) in [5.41, 5.74) is -0.587. The van der Waals surface area contributed by atoms with Crippen molar-refractivity contribution in [2.45, 2.75) is 0 Å². The molecule has 0 unspecified atom stereocenters. The van der Waals surface area contributed by atoms with Crippen LogP contribution in [-0.2, 0) is 9.47 Å². The summed E-state index contributed by atoms with van der Waals surface area (Å²) in [4.78, 5) is 36.9. The third-order valence-electron chi connectivity index (χ3n) is 5.05. The van der Waals surface area contributed by atoms with Crippen molar-refractivity contribution in [1.29, 1.82) is 0 Å². The molecule has 0 aliphatic rings. The van der Waals surface area contributed by atoms with Crippen molar-refractivity contribution in [2.24, 2.45) is 0 Å². The molecule has 0 N–H and O–H groups in total. The van der Waals surface area contributed by atoms with Crippen molar-refractivity contribution in [3.63, 3.8) is 0 Å². The molecule has 3 aromatic carbocycles. The summed E-state index contributed by atoms with van der Waals surface area (Å²) in [7, 11) is 2.29. The number of nitro groups is 1. The molecule has 4 aromatic rings. The fourth-order valence-electron chi connectivity index (χ4n) is 3.50. The number of carbonyl (C=O) groups is 2. The lowest BCUT2D eigenvalue weighted by Gasteiger charge is -2.08. The number of ether oxygens (including phenoxy) is 3. The number of benzene rings is 3. The van der Waals surface area contributed by atoms with Gasteiger partial charge in [0, 0.05) is 6.07 Å². The Bertz CT molecular complexity index is 1400. The maximum Gasteiger partial charge on any atom is 0.357 e. The maximum absolute atomic E-state index is 12.9. The van der Waals surface area contributed by atoms with E-state index in [4.69, 9.17) is 14.2 Å². The molecule has 10 heteroatoms. The van der Waals surface area contributed by atoms with Gasteiger partial charge in [-0.15, -0.1) is 0 Å². The van der Waals surface area contributed by atoms with E-state index in [9.17, 15) is 19.7 Å². The molecule has 0 aliphatic carbocycles. The Balaban J connectivity index is 2.00. The molecule has 0 aliphatic heterocycles. The van der Waals surface area contributed by atoms with Crippen LogP contribution in [0.3, 0.4) is 0 Å². The number of carbonyl (C=O) groups excluding carboxylic acids is 2. The van der Waals surface area contributed by atoms with Crippen LogP contribution < -0.4 is 4.74 Å². The lowest BCUT2D eigenvalue weighted by Crippen LogP contribution is -2.15. The molecule has 1 heterocycles. The van der Waals surface area contributed by atoms with Gasteiger partial charge in [-0.1, -0.05) is 36.4 Å². The van der Waals surface area contributed by atoms with E-state index in [0.29, 0.717) is 11.4 Å². The van der Waals surface area contributed by atoms with Gasteiger partial charge in [-0.2, -0.15) is 5.10 Å². The highest BCUT2D eigenvalue weighted by Gasteiger charge is 2.34. The number of hydrogen-bond donors (Lipinski definition) is 0. The van der Waals surface area contributed by atoms with Crippen LogP contribution in [0.4, 0.5) is 5.69 Å². The number of methoxy groups -OCH3 is 2. The van der Waals surface area contributed by atoms with Crippen LogP contribution in [0.2, 0.25) is 0 Å². The van der Waals surface area contributed by atoms with Crippen LogP contribution in [0.5, 0.6) is 11.5 Å². The standard InChI is InChI=1S/C25H19N3O7/c1-33-24(29)21-22(26-27(23(21)25(30)34-2)16-9-5-3-6-10-16)19-15-18(13-14-20(19)28(31)32)35-17-11-7-4-8-12-17/h3-15H,1-2H3. The predicted molar refractivity (Wildman–Crippen MR) is 125 cm³/mol. The molecule has 35 heavy (non-hydrogen) atoms. The zero-order chi connectivity index (χ0) is 24.9. The Morgan fingerprint density at radius 3 is 2.09 bits per heavy atom. The van der Waals surface area contributed by atoms with E-state index in [2.05, 4.69) is 5.10 Å². The summed E-state index contributed by atoms with van der Waals surface area (Å²) in [5.74, 6) is -1.01. The third kappa shape index (κ3) is 4.58. The summed E-state index contributed by atoms with van der Waals surface area (Å²) in [6, 6.07) is 21.4. The Hall–Kier alpha value is -4.99. The molecule has 1 aromatic heterocycles. The quantitative estimate of drug-likeness (QED) is 0.213. The minimum absolute atomic E-state index is 0.0383. The van der Waals surface area contributed by atoms with Crippen molar-refractivity contribution in [3.8, 4) is 28.4 Å². The smallest absolute Gasteiger partial charge is 0.357 e. The number of para-hydroxylation sites is 2. The Labute approximate surface area is 199 Å². The van der Waals surface area contributed by atoms with Gasteiger partial charge >= 0.3 is 11.9 Å². The second kappa shape index (κ2) is 9.87. The SMILES string of the molecule is COC(=O)c1c(-c2cc(Oc3ccccc3)ccc2[N+](=O)[O-])nn(-c2ccccc2)c1C(=O)OC. The first-order chi connectivity index (χ1) is 16.9. The van der Waals surface area contributed by atoms with Crippen LogP contribution in [-0.4, -0.2) is 40.9 Å². The first kappa shape index (κ1) is 23.2. The van der Waals surface area contributed by atoms with Crippen LogP contribution in [0.1, 0.15) is 20.8 Å². The molecule has 0 saturated heterocycles. The highest BCUT2D eigenvalue weighted by Crippen LogP contribution is 2.38. The number of aromatic nitrogens is 2. The van der Waals surface area contributed by atoms with E-state index in [1.165, 1.54) is 22.9 Å². The number of rotatable bonds is 7. The summed E-state index contributed by atoms with van der Waals surface area (Å²) in [5, 5.41) is 16.3. The molecule has 0 atom stereocenters. The Morgan fingerprint density at radius 1 is 0.857 bits per heavy atom. The average molecular weight is 473 g/mol. The largest absolute Gasteiger partial charge is 0.465 e. The first-order valence-electron chi connectivity index (χ1n) is 10.3. The van der Waals surface area contributed by atoms with Gasteiger partial charge in [0.25, 0.3) is 5.69 Å². The topological polar surface area (TPSA) is 123 Å². The van der Waals surface area contributed by atoms with E-state index in [-0.39, 0.29) is 34.0 Å². The molecule has 0 bridgehead atoms. The molecular formula is C25H19N3O7.